The molecule has 0 aromatic heterocycles. The lowest BCUT2D eigenvalue weighted by Crippen LogP contribution is -2.75. The first-order chi connectivity index (χ1) is 5.86. The fraction of sp³-hybridized carbons (Fsp3) is 0.333. The SMILES string of the molecule is CNCc1ccc([NH2+]OC)cc1. The van der Waals surface area contributed by atoms with Gasteiger partial charge in [0.1, 0.15) is 0 Å². The molecule has 0 spiro atoms. The van der Waals surface area contributed by atoms with Crippen LogP contribution < -0.4 is 10.8 Å². The van der Waals surface area contributed by atoms with E-state index in [2.05, 4.69) is 17.4 Å². The number of hydrogen-bond donors (Lipinski definition) is 2. The van der Waals surface area contributed by atoms with Crippen LogP contribution in [0.3, 0.4) is 0 Å². The largest absolute Gasteiger partial charge is 0.316 e. The highest BCUT2D eigenvalue weighted by Crippen LogP contribution is 2.03. The Morgan fingerprint density at radius 3 is 2.50 bits per heavy atom. The molecule has 0 saturated heterocycles. The van der Waals surface area contributed by atoms with E-state index in [1.165, 1.54) is 5.56 Å². The summed E-state index contributed by atoms with van der Waals surface area (Å²) in [6.07, 6.45) is 0. The second kappa shape index (κ2) is 4.87. The summed E-state index contributed by atoms with van der Waals surface area (Å²) < 4.78 is 0. The molecule has 1 rings (SSSR count). The summed E-state index contributed by atoms with van der Waals surface area (Å²) in [4.78, 5) is 4.89. The van der Waals surface area contributed by atoms with Crippen molar-refractivity contribution >= 4 is 5.69 Å². The van der Waals surface area contributed by atoms with E-state index in [0.29, 0.717) is 0 Å². The molecular formula is C9H15N2O+. The Labute approximate surface area is 72.7 Å². The van der Waals surface area contributed by atoms with Crippen LogP contribution in [0.25, 0.3) is 0 Å². The van der Waals surface area contributed by atoms with E-state index in [-0.39, 0.29) is 0 Å². The predicted molar refractivity (Wildman–Crippen MR) is 47.8 cm³/mol. The van der Waals surface area contributed by atoms with Gasteiger partial charge in [-0.25, -0.2) is 4.84 Å². The van der Waals surface area contributed by atoms with Crippen LogP contribution >= 0.6 is 0 Å². The van der Waals surface area contributed by atoms with E-state index in [9.17, 15) is 0 Å². The summed E-state index contributed by atoms with van der Waals surface area (Å²) in [5.74, 6) is 0. The smallest absolute Gasteiger partial charge is 0.161 e. The normalized spacial score (nSPS) is 10.2. The molecule has 0 heterocycles. The Balaban J connectivity index is 2.58. The molecule has 0 bridgehead atoms. The molecule has 0 radical (unpaired) electrons. The topological polar surface area (TPSA) is 37.9 Å². The van der Waals surface area contributed by atoms with E-state index in [1.807, 2.05) is 19.2 Å². The molecule has 3 nitrogen and oxygen atoms in total. The first-order valence-electron chi connectivity index (χ1n) is 3.96. The zero-order chi connectivity index (χ0) is 8.81. The molecule has 0 aliphatic rings. The van der Waals surface area contributed by atoms with Gasteiger partial charge in [-0.2, -0.15) is 5.48 Å². The summed E-state index contributed by atoms with van der Waals surface area (Å²) in [6.45, 7) is 0.910. The maximum Gasteiger partial charge on any atom is 0.161 e. The van der Waals surface area contributed by atoms with Crippen molar-refractivity contribution < 1.29 is 10.3 Å². The third kappa shape index (κ3) is 2.62. The fourth-order valence-electron chi connectivity index (χ4n) is 1.05. The first kappa shape index (κ1) is 9.19. The van der Waals surface area contributed by atoms with Crippen LogP contribution in [-0.4, -0.2) is 14.2 Å². The quantitative estimate of drug-likeness (QED) is 0.495. The van der Waals surface area contributed by atoms with E-state index in [0.717, 1.165) is 12.2 Å². The molecule has 3 N–H and O–H groups in total. The molecule has 0 unspecified atom stereocenters. The lowest BCUT2D eigenvalue weighted by Gasteiger charge is -1.99. The molecule has 0 aliphatic carbocycles. The van der Waals surface area contributed by atoms with Crippen molar-refractivity contribution in [2.75, 3.05) is 14.2 Å². The van der Waals surface area contributed by atoms with Crippen molar-refractivity contribution in [3.63, 3.8) is 0 Å². The number of quaternary nitrogens is 1. The van der Waals surface area contributed by atoms with Gasteiger partial charge in [-0.3, -0.25) is 0 Å². The van der Waals surface area contributed by atoms with E-state index >= 15 is 0 Å². The molecule has 12 heavy (non-hydrogen) atoms. The standard InChI is InChI=1S/C9H14N2O/c1-10-7-8-3-5-9(6-4-8)11-12-2/h3-6,10-11H,7H2,1-2H3/p+1. The minimum atomic E-state index is 0.910. The Morgan fingerprint density at radius 1 is 1.33 bits per heavy atom. The van der Waals surface area contributed by atoms with Crippen LogP contribution in [0.1, 0.15) is 5.56 Å². The van der Waals surface area contributed by atoms with E-state index < -0.39 is 0 Å². The van der Waals surface area contributed by atoms with Gasteiger partial charge in [0.2, 0.25) is 0 Å². The highest BCUT2D eigenvalue weighted by Gasteiger charge is 1.95. The molecule has 0 saturated carbocycles. The van der Waals surface area contributed by atoms with Crippen LogP contribution in [0.4, 0.5) is 5.69 Å². The van der Waals surface area contributed by atoms with Crippen LogP contribution in [0, 0.1) is 0 Å². The number of hydrogen-bond acceptors (Lipinski definition) is 2. The summed E-state index contributed by atoms with van der Waals surface area (Å²) in [6, 6.07) is 8.25. The molecule has 0 atom stereocenters. The zero-order valence-corrected chi connectivity index (χ0v) is 7.50. The summed E-state index contributed by atoms with van der Waals surface area (Å²) in [5, 5.41) is 3.09. The van der Waals surface area contributed by atoms with Crippen molar-refractivity contribution in [1.29, 1.82) is 0 Å². The van der Waals surface area contributed by atoms with Crippen molar-refractivity contribution in [3.8, 4) is 0 Å². The Bertz CT molecular complexity index is 195. The summed E-state index contributed by atoms with van der Waals surface area (Å²) in [7, 11) is 3.59. The molecule has 66 valence electrons. The van der Waals surface area contributed by atoms with Gasteiger partial charge in [-0.1, -0.05) is 12.1 Å². The third-order valence-corrected chi connectivity index (χ3v) is 1.61. The van der Waals surface area contributed by atoms with Crippen LogP contribution in [0.2, 0.25) is 0 Å². The monoisotopic (exact) mass is 167 g/mol. The molecule has 0 fully saturated rings. The van der Waals surface area contributed by atoms with Crippen molar-refractivity contribution in [2.24, 2.45) is 0 Å². The molecule has 1 aromatic carbocycles. The Hall–Kier alpha value is -0.900. The number of nitrogens with two attached hydrogens (primary N) is 1. The Morgan fingerprint density at radius 2 is 2.00 bits per heavy atom. The maximum atomic E-state index is 4.89. The van der Waals surface area contributed by atoms with Gasteiger partial charge in [0.15, 0.2) is 5.69 Å². The molecule has 0 amide bonds. The minimum Gasteiger partial charge on any atom is -0.316 e. The Kier molecular flexibility index (Phi) is 3.73. The van der Waals surface area contributed by atoms with Crippen LogP contribution in [0.15, 0.2) is 24.3 Å². The summed E-state index contributed by atoms with van der Waals surface area (Å²) in [5.41, 5.74) is 4.10. The van der Waals surface area contributed by atoms with Gasteiger partial charge >= 0.3 is 0 Å². The molecule has 0 aliphatic heterocycles. The zero-order valence-electron chi connectivity index (χ0n) is 7.50. The number of rotatable bonds is 4. The fourth-order valence-corrected chi connectivity index (χ4v) is 1.05. The number of nitrogens with one attached hydrogen (secondary N) is 1. The highest BCUT2D eigenvalue weighted by molar-refractivity contribution is 5.31. The predicted octanol–water partition coefficient (Wildman–Crippen LogP) is 0.162. The van der Waals surface area contributed by atoms with E-state index in [4.69, 9.17) is 4.84 Å². The lowest BCUT2D eigenvalue weighted by molar-refractivity contribution is -0.830. The van der Waals surface area contributed by atoms with Crippen LogP contribution in [0.5, 0.6) is 0 Å². The minimum absolute atomic E-state index is 0.910. The average molecular weight is 167 g/mol. The van der Waals surface area contributed by atoms with Gasteiger partial charge in [-0.15, -0.1) is 0 Å². The van der Waals surface area contributed by atoms with Crippen molar-refractivity contribution in [1.82, 2.24) is 5.32 Å². The molecule has 3 heteroatoms. The molecule has 1 aromatic rings. The van der Waals surface area contributed by atoms with Gasteiger partial charge < -0.3 is 5.32 Å². The van der Waals surface area contributed by atoms with Crippen LogP contribution in [-0.2, 0) is 11.4 Å². The average Bonchev–Trinajstić information content (AvgIpc) is 2.09. The van der Waals surface area contributed by atoms with Gasteiger partial charge in [0.25, 0.3) is 0 Å². The van der Waals surface area contributed by atoms with Crippen molar-refractivity contribution in [2.45, 2.75) is 6.54 Å². The highest BCUT2D eigenvalue weighted by atomic mass is 16.6. The van der Waals surface area contributed by atoms with E-state index in [1.54, 1.807) is 12.6 Å². The lowest BCUT2D eigenvalue weighted by atomic mass is 10.2. The van der Waals surface area contributed by atoms with Gasteiger partial charge in [0, 0.05) is 18.7 Å². The summed E-state index contributed by atoms with van der Waals surface area (Å²) >= 11 is 0. The third-order valence-electron chi connectivity index (χ3n) is 1.61. The molecular weight excluding hydrogens is 152 g/mol. The first-order valence-corrected chi connectivity index (χ1v) is 3.96. The number of benzene rings is 1. The second-order valence-electron chi connectivity index (χ2n) is 2.63. The second-order valence-corrected chi connectivity index (χ2v) is 2.63. The van der Waals surface area contributed by atoms with Gasteiger partial charge in [-0.05, 0) is 12.6 Å². The van der Waals surface area contributed by atoms with Gasteiger partial charge in [0.05, 0.1) is 7.11 Å². The van der Waals surface area contributed by atoms with Crippen molar-refractivity contribution in [3.05, 3.63) is 29.8 Å². The maximum absolute atomic E-state index is 4.89.